The van der Waals surface area contributed by atoms with Crippen molar-refractivity contribution < 1.29 is 19.4 Å². The number of benzene rings is 2. The zero-order valence-corrected chi connectivity index (χ0v) is 13.7. The summed E-state index contributed by atoms with van der Waals surface area (Å²) in [5.74, 6) is -0.915. The number of rotatable bonds is 5. The molecule has 0 fully saturated rings. The van der Waals surface area contributed by atoms with Crippen LogP contribution >= 0.6 is 12.2 Å². The fourth-order valence-corrected chi connectivity index (χ4v) is 2.18. The van der Waals surface area contributed by atoms with E-state index in [0.717, 1.165) is 5.56 Å². The maximum absolute atomic E-state index is 11.9. The lowest BCUT2D eigenvalue weighted by atomic mass is 10.2. The normalized spacial score (nSPS) is 9.88. The Morgan fingerprint density at radius 2 is 1.79 bits per heavy atom. The lowest BCUT2D eigenvalue weighted by Gasteiger charge is -2.12. The largest absolute Gasteiger partial charge is 0.483 e. The van der Waals surface area contributed by atoms with Gasteiger partial charge in [-0.1, -0.05) is 30.3 Å². The fraction of sp³-hybridized carbons (Fsp3) is 0.118. The van der Waals surface area contributed by atoms with Crippen molar-refractivity contribution in [2.45, 2.75) is 6.92 Å². The highest BCUT2D eigenvalue weighted by atomic mass is 32.1. The Morgan fingerprint density at radius 3 is 2.50 bits per heavy atom. The number of aromatic carboxylic acids is 1. The van der Waals surface area contributed by atoms with Gasteiger partial charge in [0.1, 0.15) is 5.75 Å². The molecule has 0 heterocycles. The van der Waals surface area contributed by atoms with E-state index in [-0.39, 0.29) is 17.3 Å². The number of anilines is 1. The topological polar surface area (TPSA) is 87.7 Å². The zero-order valence-electron chi connectivity index (χ0n) is 12.9. The van der Waals surface area contributed by atoms with Gasteiger partial charge in [-0.2, -0.15) is 0 Å². The van der Waals surface area contributed by atoms with E-state index < -0.39 is 11.9 Å². The Bertz CT molecular complexity index is 777. The van der Waals surface area contributed by atoms with Gasteiger partial charge in [0.25, 0.3) is 5.91 Å². The first kappa shape index (κ1) is 17.4. The molecule has 124 valence electrons. The van der Waals surface area contributed by atoms with Crippen LogP contribution in [0.4, 0.5) is 5.69 Å². The first-order valence-corrected chi connectivity index (χ1v) is 7.50. The Labute approximate surface area is 144 Å². The second kappa shape index (κ2) is 8.07. The molecule has 2 rings (SSSR count). The van der Waals surface area contributed by atoms with Crippen LogP contribution in [-0.4, -0.2) is 28.7 Å². The van der Waals surface area contributed by atoms with E-state index in [1.807, 2.05) is 25.1 Å². The lowest BCUT2D eigenvalue weighted by molar-refractivity contribution is -0.121. The molecule has 0 radical (unpaired) electrons. The van der Waals surface area contributed by atoms with E-state index in [2.05, 4.69) is 10.6 Å². The molecule has 0 aliphatic heterocycles. The smallest absolute Gasteiger partial charge is 0.337 e. The average Bonchev–Trinajstić information content (AvgIpc) is 2.54. The molecule has 24 heavy (non-hydrogen) atoms. The Hall–Kier alpha value is -2.93. The van der Waals surface area contributed by atoms with E-state index in [1.54, 1.807) is 24.3 Å². The van der Waals surface area contributed by atoms with E-state index >= 15 is 0 Å². The highest BCUT2D eigenvalue weighted by molar-refractivity contribution is 7.80. The van der Waals surface area contributed by atoms with Gasteiger partial charge in [0.2, 0.25) is 0 Å². The third-order valence-electron chi connectivity index (χ3n) is 3.11. The van der Waals surface area contributed by atoms with Crippen molar-refractivity contribution >= 4 is 34.9 Å². The molecule has 0 atom stereocenters. The van der Waals surface area contributed by atoms with Gasteiger partial charge < -0.3 is 15.2 Å². The van der Waals surface area contributed by atoms with Crippen molar-refractivity contribution in [2.75, 3.05) is 11.9 Å². The van der Waals surface area contributed by atoms with Gasteiger partial charge >= 0.3 is 5.97 Å². The number of thiocarbonyl (C=S) groups is 1. The Balaban J connectivity index is 1.90. The van der Waals surface area contributed by atoms with Crippen LogP contribution in [0.3, 0.4) is 0 Å². The van der Waals surface area contributed by atoms with Crippen molar-refractivity contribution in [1.29, 1.82) is 0 Å². The second-order valence-electron chi connectivity index (χ2n) is 4.91. The Kier molecular flexibility index (Phi) is 5.86. The van der Waals surface area contributed by atoms with E-state index in [0.29, 0.717) is 11.4 Å². The number of carboxylic acids is 1. The third kappa shape index (κ3) is 4.79. The van der Waals surface area contributed by atoms with Crippen LogP contribution in [0.5, 0.6) is 5.75 Å². The number of hydrogen-bond acceptors (Lipinski definition) is 4. The SMILES string of the molecule is Cc1ccccc1OCC(=O)NC(=S)Nc1ccccc1C(=O)O. The predicted octanol–water partition coefficient (Wildman–Crippen LogP) is 2.59. The van der Waals surface area contributed by atoms with Gasteiger partial charge in [0.05, 0.1) is 11.3 Å². The molecule has 1 amide bonds. The minimum atomic E-state index is -1.09. The Morgan fingerprint density at radius 1 is 1.12 bits per heavy atom. The van der Waals surface area contributed by atoms with Crippen LogP contribution in [0, 0.1) is 6.92 Å². The summed E-state index contributed by atoms with van der Waals surface area (Å²) in [6.45, 7) is 1.68. The maximum atomic E-state index is 11.9. The van der Waals surface area contributed by atoms with Gasteiger partial charge in [-0.15, -0.1) is 0 Å². The summed E-state index contributed by atoms with van der Waals surface area (Å²) in [5.41, 5.74) is 1.28. The minimum Gasteiger partial charge on any atom is -0.483 e. The number of carbonyl (C=O) groups is 2. The van der Waals surface area contributed by atoms with Gasteiger partial charge in [-0.3, -0.25) is 10.1 Å². The number of para-hydroxylation sites is 2. The maximum Gasteiger partial charge on any atom is 0.337 e. The molecular formula is C17H16N2O4S. The molecule has 2 aromatic rings. The van der Waals surface area contributed by atoms with Gasteiger partial charge in [0.15, 0.2) is 11.7 Å². The van der Waals surface area contributed by atoms with Gasteiger partial charge in [0, 0.05) is 0 Å². The minimum absolute atomic E-state index is 0.00193. The van der Waals surface area contributed by atoms with E-state index in [4.69, 9.17) is 22.1 Å². The summed E-state index contributed by atoms with van der Waals surface area (Å²) >= 11 is 5.02. The monoisotopic (exact) mass is 344 g/mol. The molecule has 3 N–H and O–H groups in total. The van der Waals surface area contributed by atoms with Crippen molar-refractivity contribution in [2.24, 2.45) is 0 Å². The summed E-state index contributed by atoms with van der Waals surface area (Å²) < 4.78 is 5.42. The molecule has 0 saturated carbocycles. The molecule has 0 spiro atoms. The molecule has 0 aliphatic carbocycles. The summed E-state index contributed by atoms with van der Waals surface area (Å²) in [4.78, 5) is 23.0. The van der Waals surface area contributed by atoms with Crippen LogP contribution in [0.25, 0.3) is 0 Å². The molecule has 0 aliphatic rings. The van der Waals surface area contributed by atoms with E-state index in [9.17, 15) is 9.59 Å². The molecule has 0 aromatic heterocycles. The quantitative estimate of drug-likeness (QED) is 0.723. The van der Waals surface area contributed by atoms with Crippen LogP contribution < -0.4 is 15.4 Å². The third-order valence-corrected chi connectivity index (χ3v) is 3.32. The molecule has 7 heteroatoms. The summed E-state index contributed by atoms with van der Waals surface area (Å²) in [6, 6.07) is 13.6. The predicted molar refractivity (Wildman–Crippen MR) is 94.4 cm³/mol. The second-order valence-corrected chi connectivity index (χ2v) is 5.32. The van der Waals surface area contributed by atoms with Crippen LogP contribution in [0.2, 0.25) is 0 Å². The van der Waals surface area contributed by atoms with Crippen molar-refractivity contribution in [3.05, 3.63) is 59.7 Å². The zero-order chi connectivity index (χ0) is 17.5. The molecule has 2 aromatic carbocycles. The first-order valence-electron chi connectivity index (χ1n) is 7.09. The summed E-state index contributed by atoms with van der Waals surface area (Å²) in [5, 5.41) is 14.3. The number of ether oxygens (including phenoxy) is 1. The number of hydrogen-bond donors (Lipinski definition) is 3. The van der Waals surface area contributed by atoms with Crippen molar-refractivity contribution in [3.63, 3.8) is 0 Å². The summed E-state index contributed by atoms with van der Waals surface area (Å²) in [6.07, 6.45) is 0. The van der Waals surface area contributed by atoms with Gasteiger partial charge in [-0.25, -0.2) is 4.79 Å². The van der Waals surface area contributed by atoms with E-state index in [1.165, 1.54) is 6.07 Å². The highest BCUT2D eigenvalue weighted by Crippen LogP contribution is 2.16. The van der Waals surface area contributed by atoms with Crippen molar-refractivity contribution in [1.82, 2.24) is 5.32 Å². The molecule has 0 bridgehead atoms. The lowest BCUT2D eigenvalue weighted by Crippen LogP contribution is -2.37. The number of carbonyl (C=O) groups excluding carboxylic acids is 1. The fourth-order valence-electron chi connectivity index (χ4n) is 1.96. The molecule has 6 nitrogen and oxygen atoms in total. The first-order chi connectivity index (χ1) is 11.5. The van der Waals surface area contributed by atoms with Crippen LogP contribution in [-0.2, 0) is 4.79 Å². The number of carboxylic acid groups (broad SMARTS) is 1. The van der Waals surface area contributed by atoms with Crippen LogP contribution in [0.1, 0.15) is 15.9 Å². The van der Waals surface area contributed by atoms with Gasteiger partial charge in [-0.05, 0) is 42.9 Å². The molecular weight excluding hydrogens is 328 g/mol. The standard InChI is InChI=1S/C17H16N2O4S/c1-11-6-2-5-9-14(11)23-10-15(20)19-17(24)18-13-8-4-3-7-12(13)16(21)22/h2-9H,10H2,1H3,(H,21,22)(H2,18,19,20,24). The molecule has 0 unspecified atom stereocenters. The number of aryl methyl sites for hydroxylation is 1. The highest BCUT2D eigenvalue weighted by Gasteiger charge is 2.12. The summed E-state index contributed by atoms with van der Waals surface area (Å²) in [7, 11) is 0. The molecule has 0 saturated heterocycles. The average molecular weight is 344 g/mol. The van der Waals surface area contributed by atoms with Crippen LogP contribution in [0.15, 0.2) is 48.5 Å². The number of amides is 1. The van der Waals surface area contributed by atoms with Crippen molar-refractivity contribution in [3.8, 4) is 5.75 Å². The number of nitrogens with one attached hydrogen (secondary N) is 2.